The number of rotatable bonds is 2. The van der Waals surface area contributed by atoms with Gasteiger partial charge in [0.05, 0.1) is 12.4 Å². The molecule has 0 aliphatic carbocycles. The molecule has 19 heavy (non-hydrogen) atoms. The highest BCUT2D eigenvalue weighted by molar-refractivity contribution is 5.18. The van der Waals surface area contributed by atoms with Crippen molar-refractivity contribution in [3.63, 3.8) is 0 Å². The number of hydrogen-bond donors (Lipinski definition) is 0. The maximum Gasteiger partial charge on any atom is 0.138 e. The van der Waals surface area contributed by atoms with Crippen molar-refractivity contribution < 1.29 is 0 Å². The monoisotopic (exact) mass is 259 g/mol. The zero-order valence-electron chi connectivity index (χ0n) is 12.2. The minimum atomic E-state index is 0.268. The fourth-order valence-corrected chi connectivity index (χ4v) is 1.53. The van der Waals surface area contributed by atoms with Crippen molar-refractivity contribution in [3.05, 3.63) is 35.9 Å². The zero-order valence-corrected chi connectivity index (χ0v) is 12.2. The van der Waals surface area contributed by atoms with Crippen LogP contribution in [0.1, 0.15) is 51.0 Å². The van der Waals surface area contributed by atoms with Crippen molar-refractivity contribution in [3.8, 4) is 6.07 Å². The molecular weight excluding hydrogens is 238 g/mol. The lowest BCUT2D eigenvalue weighted by Crippen LogP contribution is -2.04. The third-order valence-corrected chi connectivity index (χ3v) is 2.53. The van der Waals surface area contributed by atoms with Crippen molar-refractivity contribution >= 4 is 0 Å². The molecule has 0 aromatic carbocycles. The van der Waals surface area contributed by atoms with Gasteiger partial charge >= 0.3 is 0 Å². The van der Waals surface area contributed by atoms with Crippen LogP contribution in [0.25, 0.3) is 0 Å². The van der Waals surface area contributed by atoms with Crippen LogP contribution >= 0.6 is 0 Å². The van der Waals surface area contributed by atoms with Crippen LogP contribution in [-0.4, -0.2) is 19.6 Å². The Morgan fingerprint density at radius 1 is 1.16 bits per heavy atom. The van der Waals surface area contributed by atoms with E-state index < -0.39 is 0 Å². The molecule has 5 nitrogen and oxygen atoms in total. The molecule has 0 fully saturated rings. The lowest BCUT2D eigenvalue weighted by Gasteiger charge is -2.04. The van der Waals surface area contributed by atoms with Gasteiger partial charge in [0, 0.05) is 18.3 Å². The molecule has 102 valence electrons. The summed E-state index contributed by atoms with van der Waals surface area (Å²) in [5.74, 6) is 0. The number of aromatic nitrogens is 4. The van der Waals surface area contributed by atoms with Gasteiger partial charge in [-0.05, 0) is 46.2 Å². The van der Waals surface area contributed by atoms with Crippen LogP contribution < -0.4 is 0 Å². The van der Waals surface area contributed by atoms with Gasteiger partial charge < -0.3 is 0 Å². The van der Waals surface area contributed by atoms with Crippen LogP contribution in [-0.2, 0) is 0 Å². The molecule has 0 saturated heterocycles. The van der Waals surface area contributed by atoms with Gasteiger partial charge in [-0.2, -0.15) is 15.5 Å². The predicted molar refractivity (Wildman–Crippen MR) is 74.7 cm³/mol. The summed E-state index contributed by atoms with van der Waals surface area (Å²) in [6.45, 7) is 10.3. The highest BCUT2D eigenvalue weighted by Gasteiger charge is 2.02. The molecule has 2 heterocycles. The first-order chi connectivity index (χ1) is 8.95. The number of hydrogen-bond acceptors (Lipinski definition) is 3. The second-order valence-corrected chi connectivity index (χ2v) is 4.96. The topological polar surface area (TPSA) is 59.4 Å². The lowest BCUT2D eigenvalue weighted by molar-refractivity contribution is 0.527. The Hall–Kier alpha value is -2.09. The van der Waals surface area contributed by atoms with Crippen LogP contribution in [0.5, 0.6) is 0 Å². The Morgan fingerprint density at radius 3 is 2.16 bits per heavy atom. The average molecular weight is 259 g/mol. The Labute approximate surface area is 114 Å². The van der Waals surface area contributed by atoms with E-state index in [-0.39, 0.29) is 6.04 Å². The SMILES string of the molecule is CC(C)n1nccc1C#N.Cc1cnn(C(C)C)c1. The summed E-state index contributed by atoms with van der Waals surface area (Å²) in [5, 5.41) is 16.7. The lowest BCUT2D eigenvalue weighted by atomic mass is 10.4. The zero-order chi connectivity index (χ0) is 14.4. The largest absolute Gasteiger partial charge is 0.270 e. The van der Waals surface area contributed by atoms with Crippen molar-refractivity contribution in [2.75, 3.05) is 0 Å². The normalized spacial score (nSPS) is 10.2. The Morgan fingerprint density at radius 2 is 1.84 bits per heavy atom. The van der Waals surface area contributed by atoms with E-state index in [2.05, 4.69) is 30.1 Å². The molecule has 0 bridgehead atoms. The molecule has 2 aromatic heterocycles. The van der Waals surface area contributed by atoms with Crippen LogP contribution in [0.2, 0.25) is 0 Å². The average Bonchev–Trinajstić information content (AvgIpc) is 2.97. The van der Waals surface area contributed by atoms with Gasteiger partial charge in [0.25, 0.3) is 0 Å². The molecule has 2 rings (SSSR count). The summed E-state index contributed by atoms with van der Waals surface area (Å²) in [7, 11) is 0. The number of nitriles is 1. The van der Waals surface area contributed by atoms with E-state index in [4.69, 9.17) is 5.26 Å². The van der Waals surface area contributed by atoms with Crippen LogP contribution in [0.3, 0.4) is 0 Å². The summed E-state index contributed by atoms with van der Waals surface area (Å²) in [5.41, 5.74) is 1.85. The molecule has 0 atom stereocenters. The van der Waals surface area contributed by atoms with Crippen molar-refractivity contribution in [2.24, 2.45) is 0 Å². The van der Waals surface area contributed by atoms with E-state index in [1.165, 1.54) is 5.56 Å². The molecule has 0 aliphatic heterocycles. The fraction of sp³-hybridized carbons (Fsp3) is 0.500. The fourth-order valence-electron chi connectivity index (χ4n) is 1.53. The molecule has 0 aliphatic rings. The Kier molecular flexibility index (Phi) is 5.31. The number of nitrogens with zero attached hydrogens (tertiary/aromatic N) is 5. The van der Waals surface area contributed by atoms with Gasteiger partial charge in [-0.15, -0.1) is 0 Å². The van der Waals surface area contributed by atoms with Gasteiger partial charge in [-0.25, -0.2) is 0 Å². The van der Waals surface area contributed by atoms with Crippen molar-refractivity contribution in [2.45, 2.75) is 46.7 Å². The summed E-state index contributed by atoms with van der Waals surface area (Å²) in [4.78, 5) is 0. The van der Waals surface area contributed by atoms with Gasteiger partial charge in [0.15, 0.2) is 0 Å². The molecule has 5 heteroatoms. The smallest absolute Gasteiger partial charge is 0.138 e. The van der Waals surface area contributed by atoms with E-state index in [1.807, 2.05) is 37.8 Å². The molecular formula is C14H21N5. The van der Waals surface area contributed by atoms with Crippen LogP contribution in [0.15, 0.2) is 24.7 Å². The quantitative estimate of drug-likeness (QED) is 0.832. The molecule has 0 spiro atoms. The molecule has 0 amide bonds. The third-order valence-electron chi connectivity index (χ3n) is 2.53. The second kappa shape index (κ2) is 6.74. The molecule has 0 N–H and O–H groups in total. The minimum Gasteiger partial charge on any atom is -0.270 e. The summed E-state index contributed by atoms with van der Waals surface area (Å²) in [6, 6.07) is 4.52. The molecule has 0 saturated carbocycles. The van der Waals surface area contributed by atoms with E-state index in [0.717, 1.165) is 0 Å². The highest BCUT2D eigenvalue weighted by Crippen LogP contribution is 2.05. The molecule has 0 radical (unpaired) electrons. The Bertz CT molecular complexity index is 542. The van der Waals surface area contributed by atoms with E-state index in [1.54, 1.807) is 16.9 Å². The van der Waals surface area contributed by atoms with E-state index in [0.29, 0.717) is 11.7 Å². The van der Waals surface area contributed by atoms with Gasteiger partial charge in [0.1, 0.15) is 11.8 Å². The van der Waals surface area contributed by atoms with Gasteiger partial charge in [-0.1, -0.05) is 0 Å². The van der Waals surface area contributed by atoms with Gasteiger partial charge in [-0.3, -0.25) is 9.36 Å². The van der Waals surface area contributed by atoms with E-state index in [9.17, 15) is 0 Å². The summed E-state index contributed by atoms with van der Waals surface area (Å²) < 4.78 is 3.65. The highest BCUT2D eigenvalue weighted by atomic mass is 15.3. The first kappa shape index (κ1) is 15.0. The predicted octanol–water partition coefficient (Wildman–Crippen LogP) is 3.11. The first-order valence-corrected chi connectivity index (χ1v) is 6.40. The second-order valence-electron chi connectivity index (χ2n) is 4.96. The van der Waals surface area contributed by atoms with Gasteiger partial charge in [0.2, 0.25) is 0 Å². The van der Waals surface area contributed by atoms with Crippen molar-refractivity contribution in [1.82, 2.24) is 19.6 Å². The summed E-state index contributed by atoms with van der Waals surface area (Å²) in [6.07, 6.45) is 5.56. The van der Waals surface area contributed by atoms with Crippen LogP contribution in [0, 0.1) is 18.3 Å². The molecule has 0 unspecified atom stereocenters. The first-order valence-electron chi connectivity index (χ1n) is 6.40. The summed E-state index contributed by atoms with van der Waals surface area (Å²) >= 11 is 0. The van der Waals surface area contributed by atoms with Crippen LogP contribution in [0.4, 0.5) is 0 Å². The van der Waals surface area contributed by atoms with Crippen molar-refractivity contribution in [1.29, 1.82) is 5.26 Å². The minimum absolute atomic E-state index is 0.268. The maximum absolute atomic E-state index is 8.55. The van der Waals surface area contributed by atoms with E-state index >= 15 is 0 Å². The standard InChI is InChI=1S/C7H9N3.C7H12N2/c1-6(2)10-7(5-8)3-4-9-10;1-6(2)9-5-7(3)4-8-9/h3-4,6H,1-2H3;4-6H,1-3H3. The number of aryl methyl sites for hydroxylation is 1. The maximum atomic E-state index is 8.55. The Balaban J connectivity index is 0.000000191. The molecule has 2 aromatic rings. The third kappa shape index (κ3) is 4.25.